The average molecular weight is 389 g/mol. The fourth-order valence-corrected chi connectivity index (χ4v) is 2.43. The molecule has 4 nitrogen and oxygen atoms in total. The van der Waals surface area contributed by atoms with E-state index in [1.165, 1.54) is 3.57 Å². The van der Waals surface area contributed by atoms with E-state index in [1.54, 1.807) is 4.90 Å². The second-order valence-electron chi connectivity index (χ2n) is 6.34. The van der Waals surface area contributed by atoms with E-state index in [4.69, 9.17) is 9.47 Å². The van der Waals surface area contributed by atoms with E-state index in [-0.39, 0.29) is 11.7 Å². The normalized spacial score (nSPS) is 17.4. The Bertz CT molecular complexity index is 487. The van der Waals surface area contributed by atoms with Crippen LogP contribution in [0.25, 0.3) is 0 Å². The number of likely N-dealkylation sites (tertiary alicyclic amines) is 1. The van der Waals surface area contributed by atoms with Crippen LogP contribution in [-0.2, 0) is 4.74 Å². The number of carbonyl (C=O) groups excluding carboxylic acids is 1. The standard InChI is InChI=1S/C15H20INO3/c1-14(2,3)20-13(18)17-9-15(4,10-17)19-12-7-5-11(16)6-8-12/h5-8H,9-10H2,1-4H3. The number of hydrogen-bond acceptors (Lipinski definition) is 3. The molecule has 1 fully saturated rings. The largest absolute Gasteiger partial charge is 0.484 e. The molecule has 1 heterocycles. The third-order valence-corrected chi connectivity index (χ3v) is 3.60. The van der Waals surface area contributed by atoms with Crippen LogP contribution in [0.3, 0.4) is 0 Å². The minimum atomic E-state index is -0.458. The van der Waals surface area contributed by atoms with Crippen LogP contribution >= 0.6 is 22.6 Å². The first-order chi connectivity index (χ1) is 9.17. The van der Waals surface area contributed by atoms with E-state index in [0.29, 0.717) is 13.1 Å². The van der Waals surface area contributed by atoms with E-state index in [9.17, 15) is 4.79 Å². The highest BCUT2D eigenvalue weighted by molar-refractivity contribution is 14.1. The molecular weight excluding hydrogens is 369 g/mol. The van der Waals surface area contributed by atoms with E-state index >= 15 is 0 Å². The van der Waals surface area contributed by atoms with Gasteiger partial charge in [-0.2, -0.15) is 0 Å². The van der Waals surface area contributed by atoms with E-state index in [1.807, 2.05) is 52.0 Å². The first-order valence-corrected chi connectivity index (χ1v) is 7.67. The highest BCUT2D eigenvalue weighted by atomic mass is 127. The number of carbonyl (C=O) groups is 1. The van der Waals surface area contributed by atoms with Gasteiger partial charge in [-0.25, -0.2) is 4.79 Å². The number of ether oxygens (including phenoxy) is 2. The Labute approximate surface area is 133 Å². The smallest absolute Gasteiger partial charge is 0.410 e. The quantitative estimate of drug-likeness (QED) is 0.725. The Morgan fingerprint density at radius 2 is 1.80 bits per heavy atom. The molecule has 0 aromatic heterocycles. The molecule has 1 aliphatic heterocycles. The average Bonchev–Trinajstić information content (AvgIpc) is 2.26. The maximum Gasteiger partial charge on any atom is 0.410 e. The molecule has 0 N–H and O–H groups in total. The van der Waals surface area contributed by atoms with Gasteiger partial charge >= 0.3 is 6.09 Å². The summed E-state index contributed by atoms with van der Waals surface area (Å²) in [6.45, 7) is 8.71. The molecule has 0 radical (unpaired) electrons. The van der Waals surface area contributed by atoms with E-state index in [0.717, 1.165) is 5.75 Å². The molecule has 0 aliphatic carbocycles. The first kappa shape index (κ1) is 15.4. The Morgan fingerprint density at radius 1 is 1.25 bits per heavy atom. The summed E-state index contributed by atoms with van der Waals surface area (Å²) in [5.41, 5.74) is -0.788. The van der Waals surface area contributed by atoms with Crippen LogP contribution in [0.1, 0.15) is 27.7 Å². The van der Waals surface area contributed by atoms with Crippen molar-refractivity contribution < 1.29 is 14.3 Å². The molecule has 0 spiro atoms. The van der Waals surface area contributed by atoms with Crippen molar-refractivity contribution in [1.82, 2.24) is 4.90 Å². The van der Waals surface area contributed by atoms with Gasteiger partial charge in [0.15, 0.2) is 0 Å². The van der Waals surface area contributed by atoms with Crippen LogP contribution in [0.5, 0.6) is 5.75 Å². The Kier molecular flexibility index (Phi) is 4.18. The van der Waals surface area contributed by atoms with E-state index < -0.39 is 5.60 Å². The molecule has 2 rings (SSSR count). The van der Waals surface area contributed by atoms with Gasteiger partial charge in [0, 0.05) is 3.57 Å². The van der Waals surface area contributed by atoms with Crippen molar-refractivity contribution in [2.24, 2.45) is 0 Å². The zero-order chi connectivity index (χ0) is 15.0. The Balaban J connectivity index is 1.87. The predicted molar refractivity (Wildman–Crippen MR) is 86.0 cm³/mol. The summed E-state index contributed by atoms with van der Waals surface area (Å²) in [6.07, 6.45) is -0.277. The SMILES string of the molecule is CC(C)(C)OC(=O)N1CC(C)(Oc2ccc(I)cc2)C1. The van der Waals surface area contributed by atoms with E-state index in [2.05, 4.69) is 22.6 Å². The fraction of sp³-hybridized carbons (Fsp3) is 0.533. The van der Waals surface area contributed by atoms with Crippen molar-refractivity contribution in [3.63, 3.8) is 0 Å². The van der Waals surface area contributed by atoms with Crippen molar-refractivity contribution in [3.05, 3.63) is 27.8 Å². The molecule has 1 saturated heterocycles. The van der Waals surface area contributed by atoms with Gasteiger partial charge in [0.25, 0.3) is 0 Å². The number of benzene rings is 1. The van der Waals surface area contributed by atoms with Gasteiger partial charge in [-0.15, -0.1) is 0 Å². The maximum atomic E-state index is 11.9. The van der Waals surface area contributed by atoms with Crippen molar-refractivity contribution in [2.45, 2.75) is 38.9 Å². The van der Waals surface area contributed by atoms with Crippen molar-refractivity contribution in [2.75, 3.05) is 13.1 Å². The number of rotatable bonds is 2. The first-order valence-electron chi connectivity index (χ1n) is 6.59. The topological polar surface area (TPSA) is 38.8 Å². The molecule has 0 bridgehead atoms. The third kappa shape index (κ3) is 4.01. The van der Waals surface area contributed by atoms with Gasteiger partial charge in [0.05, 0.1) is 13.1 Å². The predicted octanol–water partition coefficient (Wildman–Crippen LogP) is 3.68. The van der Waals surface area contributed by atoms with Gasteiger partial charge < -0.3 is 14.4 Å². The summed E-state index contributed by atoms with van der Waals surface area (Å²) in [6, 6.07) is 7.90. The number of halogens is 1. The Hall–Kier alpha value is -0.980. The highest BCUT2D eigenvalue weighted by Gasteiger charge is 2.45. The van der Waals surface area contributed by atoms with Gasteiger partial charge in [-0.05, 0) is 74.6 Å². The molecule has 1 aromatic rings. The van der Waals surface area contributed by atoms with Gasteiger partial charge in [0.2, 0.25) is 0 Å². The lowest BCUT2D eigenvalue weighted by Crippen LogP contribution is -2.65. The fourth-order valence-electron chi connectivity index (χ4n) is 2.07. The summed E-state index contributed by atoms with van der Waals surface area (Å²) >= 11 is 2.26. The van der Waals surface area contributed by atoms with Gasteiger partial charge in [-0.3, -0.25) is 0 Å². The lowest BCUT2D eigenvalue weighted by molar-refractivity contribution is -0.0711. The molecule has 5 heteroatoms. The summed E-state index contributed by atoms with van der Waals surface area (Å²) < 4.78 is 12.5. The highest BCUT2D eigenvalue weighted by Crippen LogP contribution is 2.29. The minimum Gasteiger partial charge on any atom is -0.484 e. The monoisotopic (exact) mass is 389 g/mol. The van der Waals surface area contributed by atoms with Crippen LogP contribution in [0.15, 0.2) is 24.3 Å². The summed E-state index contributed by atoms with van der Waals surface area (Å²) in [7, 11) is 0. The van der Waals surface area contributed by atoms with Gasteiger partial charge in [0.1, 0.15) is 17.0 Å². The zero-order valence-electron chi connectivity index (χ0n) is 12.3. The molecule has 1 aliphatic rings. The lowest BCUT2D eigenvalue weighted by Gasteiger charge is -2.47. The molecule has 0 unspecified atom stereocenters. The molecule has 1 aromatic carbocycles. The Morgan fingerprint density at radius 3 is 2.30 bits per heavy atom. The van der Waals surface area contributed by atoms with Crippen LogP contribution in [0.4, 0.5) is 4.79 Å². The molecule has 110 valence electrons. The lowest BCUT2D eigenvalue weighted by atomic mass is 9.97. The van der Waals surface area contributed by atoms with Crippen LogP contribution in [0, 0.1) is 3.57 Å². The summed E-state index contributed by atoms with van der Waals surface area (Å²) in [5, 5.41) is 0. The zero-order valence-corrected chi connectivity index (χ0v) is 14.4. The van der Waals surface area contributed by atoms with Crippen LogP contribution in [0.2, 0.25) is 0 Å². The van der Waals surface area contributed by atoms with Crippen molar-refractivity contribution in [3.8, 4) is 5.75 Å². The molecule has 20 heavy (non-hydrogen) atoms. The summed E-state index contributed by atoms with van der Waals surface area (Å²) in [5.74, 6) is 0.830. The molecule has 0 saturated carbocycles. The van der Waals surface area contributed by atoms with Gasteiger partial charge in [-0.1, -0.05) is 0 Å². The molecular formula is C15H20INO3. The second kappa shape index (κ2) is 5.42. The van der Waals surface area contributed by atoms with Crippen LogP contribution in [-0.4, -0.2) is 35.3 Å². The second-order valence-corrected chi connectivity index (χ2v) is 7.59. The number of hydrogen-bond donors (Lipinski definition) is 0. The van der Waals surface area contributed by atoms with Crippen LogP contribution < -0.4 is 4.74 Å². The molecule has 1 amide bonds. The minimum absolute atomic E-state index is 0.277. The van der Waals surface area contributed by atoms with Crippen molar-refractivity contribution in [1.29, 1.82) is 0 Å². The number of amides is 1. The summed E-state index contributed by atoms with van der Waals surface area (Å²) in [4.78, 5) is 13.5. The van der Waals surface area contributed by atoms with Crippen molar-refractivity contribution >= 4 is 28.7 Å². The maximum absolute atomic E-state index is 11.9. The molecule has 0 atom stereocenters. The third-order valence-electron chi connectivity index (χ3n) is 2.88. The number of nitrogens with zero attached hydrogens (tertiary/aromatic N) is 1.